The van der Waals surface area contributed by atoms with Crippen LogP contribution in [0.25, 0.3) is 0 Å². The predicted molar refractivity (Wildman–Crippen MR) is 206 cm³/mol. The normalized spacial score (nSPS) is 14.4. The van der Waals surface area contributed by atoms with Gasteiger partial charge in [-0.15, -0.1) is 0 Å². The van der Waals surface area contributed by atoms with E-state index >= 15 is 0 Å². The predicted octanol–water partition coefficient (Wildman–Crippen LogP) is 11.0. The molecule has 0 fully saturated rings. The summed E-state index contributed by atoms with van der Waals surface area (Å²) in [4.78, 5) is 38.6. The summed E-state index contributed by atoms with van der Waals surface area (Å²) in [6.07, 6.45) is 34.2. The Morgan fingerprint density at radius 3 is 1.02 bits per heavy atom. The standard InChI is InChI=1S/C43H78O6/c1-4-7-9-11-13-15-17-19-21-23-25-27-29-31-33-36-38(44)41(47)43(49,40(46)35-6-3)42(48)39(45)37-34-32-30-28-26-24-22-20-18-16-14-12-10-8-5-2/h19-22,41-42,47-49H,4-18,23-37H2,1-3H3. The van der Waals surface area contributed by atoms with Gasteiger partial charge in [0.25, 0.3) is 0 Å². The number of hydrogen-bond donors (Lipinski definition) is 3. The summed E-state index contributed by atoms with van der Waals surface area (Å²) < 4.78 is 0. The fourth-order valence-corrected chi connectivity index (χ4v) is 6.39. The summed E-state index contributed by atoms with van der Waals surface area (Å²) in [5, 5.41) is 32.9. The summed E-state index contributed by atoms with van der Waals surface area (Å²) in [6, 6.07) is 0. The van der Waals surface area contributed by atoms with Crippen LogP contribution < -0.4 is 0 Å². The molecule has 0 aliphatic heterocycles. The molecule has 0 amide bonds. The largest absolute Gasteiger partial charge is 0.382 e. The van der Waals surface area contributed by atoms with Crippen molar-refractivity contribution in [3.8, 4) is 0 Å². The molecular weight excluding hydrogens is 612 g/mol. The molecule has 0 spiro atoms. The number of aliphatic hydroxyl groups is 3. The summed E-state index contributed by atoms with van der Waals surface area (Å²) in [5.41, 5.74) is -2.80. The molecule has 0 saturated carbocycles. The molecule has 0 bridgehead atoms. The van der Waals surface area contributed by atoms with Crippen LogP contribution in [-0.2, 0) is 14.4 Å². The Labute approximate surface area is 302 Å². The first-order valence-corrected chi connectivity index (χ1v) is 20.7. The lowest BCUT2D eigenvalue weighted by molar-refractivity contribution is -0.181. The van der Waals surface area contributed by atoms with Crippen molar-refractivity contribution in [3.63, 3.8) is 0 Å². The smallest absolute Gasteiger partial charge is 0.189 e. The maximum absolute atomic E-state index is 12.9. The van der Waals surface area contributed by atoms with Gasteiger partial charge >= 0.3 is 0 Å². The van der Waals surface area contributed by atoms with Crippen molar-refractivity contribution in [3.05, 3.63) is 24.3 Å². The minimum Gasteiger partial charge on any atom is -0.382 e. The van der Waals surface area contributed by atoms with Gasteiger partial charge in [-0.25, -0.2) is 0 Å². The SMILES string of the molecule is CCCCCCCCC=CCCCCCCCC(=O)C(O)C(O)(C(=O)CCC)C(O)C(=O)CCCCCCCC=CCCCCCCCC. The van der Waals surface area contributed by atoms with Gasteiger partial charge in [0.05, 0.1) is 0 Å². The quantitative estimate of drug-likeness (QED) is 0.0442. The Morgan fingerprint density at radius 2 is 0.714 bits per heavy atom. The van der Waals surface area contributed by atoms with Crippen LogP contribution in [0, 0.1) is 0 Å². The summed E-state index contributed by atoms with van der Waals surface area (Å²) >= 11 is 0. The van der Waals surface area contributed by atoms with E-state index in [1.165, 1.54) is 77.0 Å². The first kappa shape index (κ1) is 47.4. The third-order valence-electron chi connectivity index (χ3n) is 9.74. The lowest BCUT2D eigenvalue weighted by Crippen LogP contribution is -2.63. The van der Waals surface area contributed by atoms with Crippen LogP contribution in [0.3, 0.4) is 0 Å². The van der Waals surface area contributed by atoms with E-state index < -0.39 is 35.2 Å². The number of carbonyl (C=O) groups excluding carboxylic acids is 3. The maximum Gasteiger partial charge on any atom is 0.189 e. The van der Waals surface area contributed by atoms with Gasteiger partial charge in [-0.05, 0) is 70.6 Å². The van der Waals surface area contributed by atoms with Crippen LogP contribution in [0.4, 0.5) is 0 Å². The monoisotopic (exact) mass is 691 g/mol. The Bertz CT molecular complexity index is 804. The Hall–Kier alpha value is -1.63. The number of unbranched alkanes of at least 4 members (excludes halogenated alkanes) is 22. The van der Waals surface area contributed by atoms with Gasteiger partial charge in [0.2, 0.25) is 0 Å². The van der Waals surface area contributed by atoms with Crippen molar-refractivity contribution in [2.75, 3.05) is 0 Å². The zero-order chi connectivity index (χ0) is 36.4. The molecule has 6 heteroatoms. The maximum atomic E-state index is 12.9. The number of carbonyl (C=O) groups is 3. The molecule has 0 heterocycles. The molecule has 2 unspecified atom stereocenters. The third kappa shape index (κ3) is 24.2. The van der Waals surface area contributed by atoms with E-state index in [4.69, 9.17) is 0 Å². The number of rotatable bonds is 37. The molecule has 49 heavy (non-hydrogen) atoms. The van der Waals surface area contributed by atoms with Crippen LogP contribution in [0.2, 0.25) is 0 Å². The molecule has 0 aliphatic rings. The fraction of sp³-hybridized carbons (Fsp3) is 0.837. The first-order valence-electron chi connectivity index (χ1n) is 20.7. The van der Waals surface area contributed by atoms with Crippen LogP contribution in [0.1, 0.15) is 213 Å². The van der Waals surface area contributed by atoms with Crippen molar-refractivity contribution in [1.82, 2.24) is 0 Å². The second-order valence-electron chi connectivity index (χ2n) is 14.4. The zero-order valence-corrected chi connectivity index (χ0v) is 32.2. The van der Waals surface area contributed by atoms with Crippen LogP contribution in [0.15, 0.2) is 24.3 Å². The van der Waals surface area contributed by atoms with Crippen molar-refractivity contribution in [2.24, 2.45) is 0 Å². The highest BCUT2D eigenvalue weighted by molar-refractivity contribution is 6.01. The van der Waals surface area contributed by atoms with Crippen molar-refractivity contribution in [2.45, 2.75) is 231 Å². The molecule has 2 atom stereocenters. The van der Waals surface area contributed by atoms with E-state index in [0.29, 0.717) is 19.3 Å². The highest BCUT2D eigenvalue weighted by Crippen LogP contribution is 2.25. The first-order chi connectivity index (χ1) is 23.8. The van der Waals surface area contributed by atoms with E-state index in [0.717, 1.165) is 77.0 Å². The van der Waals surface area contributed by atoms with E-state index in [1.807, 2.05) is 0 Å². The minimum absolute atomic E-state index is 0.00378. The van der Waals surface area contributed by atoms with Gasteiger partial charge in [0, 0.05) is 19.3 Å². The Kier molecular flexibility index (Phi) is 32.4. The Morgan fingerprint density at radius 1 is 0.429 bits per heavy atom. The fourth-order valence-electron chi connectivity index (χ4n) is 6.39. The highest BCUT2D eigenvalue weighted by Gasteiger charge is 2.53. The molecule has 0 saturated heterocycles. The van der Waals surface area contributed by atoms with Crippen LogP contribution in [-0.4, -0.2) is 50.5 Å². The average Bonchev–Trinajstić information content (AvgIpc) is 3.10. The molecule has 0 aromatic rings. The summed E-state index contributed by atoms with van der Waals surface area (Å²) in [7, 11) is 0. The topological polar surface area (TPSA) is 112 Å². The molecule has 6 nitrogen and oxygen atoms in total. The molecule has 0 aliphatic carbocycles. The summed E-state index contributed by atoms with van der Waals surface area (Å²) in [6.45, 7) is 6.21. The average molecular weight is 691 g/mol. The molecular formula is C43H78O6. The zero-order valence-electron chi connectivity index (χ0n) is 32.2. The van der Waals surface area contributed by atoms with E-state index in [1.54, 1.807) is 6.92 Å². The molecule has 3 N–H and O–H groups in total. The van der Waals surface area contributed by atoms with Gasteiger partial charge in [0.1, 0.15) is 0 Å². The summed E-state index contributed by atoms with van der Waals surface area (Å²) in [5.74, 6) is -2.25. The number of Topliss-reactive ketones (excluding diaryl/α,β-unsaturated/α-hetero) is 3. The van der Waals surface area contributed by atoms with Gasteiger partial charge in [-0.2, -0.15) is 0 Å². The second kappa shape index (κ2) is 33.5. The van der Waals surface area contributed by atoms with Gasteiger partial charge in [-0.3, -0.25) is 14.4 Å². The molecule has 0 aromatic heterocycles. The minimum atomic E-state index is -2.80. The van der Waals surface area contributed by atoms with E-state index in [2.05, 4.69) is 38.2 Å². The third-order valence-corrected chi connectivity index (χ3v) is 9.74. The molecule has 0 aromatic carbocycles. The number of ketones is 3. The Balaban J connectivity index is 4.36. The number of allylic oxidation sites excluding steroid dienone is 4. The van der Waals surface area contributed by atoms with Crippen LogP contribution >= 0.6 is 0 Å². The second-order valence-corrected chi connectivity index (χ2v) is 14.4. The van der Waals surface area contributed by atoms with E-state index in [9.17, 15) is 29.7 Å². The lowest BCUT2D eigenvalue weighted by atomic mass is 9.79. The van der Waals surface area contributed by atoms with Gasteiger partial charge < -0.3 is 15.3 Å². The van der Waals surface area contributed by atoms with Crippen molar-refractivity contribution in [1.29, 1.82) is 0 Å². The molecule has 286 valence electrons. The highest BCUT2D eigenvalue weighted by atomic mass is 16.4. The van der Waals surface area contributed by atoms with Gasteiger partial charge in [-0.1, -0.05) is 148 Å². The lowest BCUT2D eigenvalue weighted by Gasteiger charge is -2.34. The van der Waals surface area contributed by atoms with Crippen molar-refractivity contribution < 1.29 is 29.7 Å². The molecule has 0 radical (unpaired) electrons. The number of aliphatic hydroxyl groups excluding tert-OH is 2. The van der Waals surface area contributed by atoms with Gasteiger partial charge in [0.15, 0.2) is 35.2 Å². The molecule has 0 rings (SSSR count). The van der Waals surface area contributed by atoms with Crippen LogP contribution in [0.5, 0.6) is 0 Å². The van der Waals surface area contributed by atoms with Crippen molar-refractivity contribution >= 4 is 17.3 Å². The number of hydrogen-bond acceptors (Lipinski definition) is 6. The van der Waals surface area contributed by atoms with E-state index in [-0.39, 0.29) is 19.3 Å².